The minimum atomic E-state index is -0.835. The number of aryl methyl sites for hydroxylation is 2. The van der Waals surface area contributed by atoms with Gasteiger partial charge in [0.05, 0.1) is 18.2 Å². The van der Waals surface area contributed by atoms with Crippen LogP contribution in [0.5, 0.6) is 40.5 Å². The molecule has 0 saturated carbocycles. The van der Waals surface area contributed by atoms with Crippen molar-refractivity contribution in [3.8, 4) is 40.5 Å². The van der Waals surface area contributed by atoms with Crippen molar-refractivity contribution in [1.29, 1.82) is 0 Å². The number of ether oxygens (including phenoxy) is 5. The van der Waals surface area contributed by atoms with Crippen LogP contribution in [-0.4, -0.2) is 87.2 Å². The predicted molar refractivity (Wildman–Crippen MR) is 245 cm³/mol. The minimum Gasteiger partial charge on any atom is -0.493 e. The van der Waals surface area contributed by atoms with Crippen LogP contribution in [0.3, 0.4) is 0 Å². The Morgan fingerprint density at radius 1 is 0.609 bits per heavy atom. The summed E-state index contributed by atoms with van der Waals surface area (Å²) in [7, 11) is 0. The van der Waals surface area contributed by atoms with Gasteiger partial charge in [0.15, 0.2) is 0 Å². The van der Waals surface area contributed by atoms with Crippen molar-refractivity contribution in [3.63, 3.8) is 0 Å². The lowest BCUT2D eigenvalue weighted by atomic mass is 9.98. The third kappa shape index (κ3) is 14.7. The highest BCUT2D eigenvalue weighted by molar-refractivity contribution is 7.99. The molecule has 2 aliphatic rings. The Labute approximate surface area is 378 Å². The molecule has 0 spiro atoms. The maximum Gasteiger partial charge on any atom is 0.415 e. The van der Waals surface area contributed by atoms with Crippen LogP contribution in [0, 0.1) is 18.8 Å². The summed E-state index contributed by atoms with van der Waals surface area (Å²) >= 11 is 1.73. The highest BCUT2D eigenvalue weighted by Crippen LogP contribution is 2.27. The molecule has 3 aromatic heterocycles. The highest BCUT2D eigenvalue weighted by atomic mass is 32.2. The molecular weight excluding hydrogens is 831 g/mol. The fraction of sp³-hybridized carbons (Fsp3) is 0.300. The van der Waals surface area contributed by atoms with Gasteiger partial charge in [0.2, 0.25) is 11.8 Å². The number of carboxylic acid groups (broad SMARTS) is 1. The molecule has 6 aromatic rings. The summed E-state index contributed by atoms with van der Waals surface area (Å²) in [5, 5.41) is 9.98. The quantitative estimate of drug-likeness (QED) is 0.0980. The van der Waals surface area contributed by atoms with Crippen molar-refractivity contribution in [1.82, 2.24) is 24.8 Å². The molecule has 2 amide bonds. The molecule has 8 rings (SSSR count). The molecule has 64 heavy (non-hydrogen) atoms. The summed E-state index contributed by atoms with van der Waals surface area (Å²) in [5.41, 5.74) is 2.29. The number of amides is 2. The lowest BCUT2D eigenvalue weighted by Gasteiger charge is -2.31. The Kier molecular flexibility index (Phi) is 16.7. The molecule has 2 aliphatic heterocycles. The summed E-state index contributed by atoms with van der Waals surface area (Å²) in [6, 6.07) is 38.0. The smallest absolute Gasteiger partial charge is 0.415 e. The zero-order valence-corrected chi connectivity index (χ0v) is 36.7. The topological polar surface area (TPSA) is 146 Å². The number of hydrogen-bond donors (Lipinski definition) is 1. The largest absolute Gasteiger partial charge is 0.493 e. The van der Waals surface area contributed by atoms with Crippen molar-refractivity contribution in [2.45, 2.75) is 44.1 Å². The van der Waals surface area contributed by atoms with E-state index < -0.39 is 6.09 Å². The van der Waals surface area contributed by atoms with Crippen LogP contribution in [0.1, 0.15) is 36.8 Å². The van der Waals surface area contributed by atoms with Gasteiger partial charge in [-0.25, -0.2) is 24.5 Å². The first-order chi connectivity index (χ1) is 31.3. The standard InChI is InChI=1S/C31H31N3O4S.C19H22N2O4/c35-31(38-28-9-7-24(8-10-28)17-22-39-30-6-2-4-19-33-30)34-20-15-25(16-21-34)23-36-26-11-13-27(14-12-26)37-29-5-1-3-18-32-29;1-14-2-7-18(20-12-14)25-17-5-3-16(4-6-17)24-13-15-8-10-21(11-9-15)19(22)23/h1-14,18-19,25H,15-17,20-23H2;2-7,12,15H,8-11,13H2,1H3,(H,22,23). The van der Waals surface area contributed by atoms with Crippen molar-refractivity contribution in [3.05, 3.63) is 151 Å². The van der Waals surface area contributed by atoms with Crippen molar-refractivity contribution < 1.29 is 38.4 Å². The van der Waals surface area contributed by atoms with Crippen LogP contribution < -0.4 is 23.7 Å². The number of thioether (sulfide) groups is 1. The number of aromatic nitrogens is 3. The zero-order chi connectivity index (χ0) is 44.4. The first-order valence-corrected chi connectivity index (χ1v) is 22.5. The Balaban J connectivity index is 0.000000211. The first kappa shape index (κ1) is 45.2. The molecule has 332 valence electrons. The summed E-state index contributed by atoms with van der Waals surface area (Å²) in [6.45, 7) is 5.68. The van der Waals surface area contributed by atoms with Gasteiger partial charge in [0.1, 0.15) is 28.7 Å². The van der Waals surface area contributed by atoms with E-state index in [4.69, 9.17) is 28.8 Å². The second-order valence-electron chi connectivity index (χ2n) is 15.5. The van der Waals surface area contributed by atoms with E-state index in [2.05, 4.69) is 15.0 Å². The van der Waals surface area contributed by atoms with Crippen LogP contribution >= 0.6 is 11.8 Å². The second-order valence-corrected chi connectivity index (χ2v) is 16.6. The van der Waals surface area contributed by atoms with Gasteiger partial charge in [-0.1, -0.05) is 30.3 Å². The lowest BCUT2D eigenvalue weighted by molar-refractivity contribution is 0.111. The lowest BCUT2D eigenvalue weighted by Crippen LogP contribution is -2.41. The molecule has 0 radical (unpaired) electrons. The third-order valence-electron chi connectivity index (χ3n) is 10.8. The zero-order valence-electron chi connectivity index (χ0n) is 35.9. The number of carbonyl (C=O) groups excluding carboxylic acids is 1. The van der Waals surface area contributed by atoms with Gasteiger partial charge in [-0.15, -0.1) is 11.8 Å². The molecule has 13 nitrogen and oxygen atoms in total. The van der Waals surface area contributed by atoms with E-state index in [0.29, 0.717) is 80.2 Å². The van der Waals surface area contributed by atoms with Gasteiger partial charge >= 0.3 is 12.2 Å². The fourth-order valence-electron chi connectivity index (χ4n) is 6.97. The number of pyridine rings is 3. The minimum absolute atomic E-state index is 0.295. The molecule has 1 N–H and O–H groups in total. The van der Waals surface area contributed by atoms with E-state index >= 15 is 0 Å². The average Bonchev–Trinajstić information content (AvgIpc) is 3.33. The van der Waals surface area contributed by atoms with E-state index in [-0.39, 0.29) is 6.09 Å². The number of benzene rings is 3. The number of rotatable bonds is 15. The number of nitrogens with zero attached hydrogens (tertiary/aromatic N) is 5. The molecule has 2 saturated heterocycles. The number of likely N-dealkylation sites (tertiary alicyclic amines) is 2. The van der Waals surface area contributed by atoms with Crippen LogP contribution in [-0.2, 0) is 6.42 Å². The molecule has 0 atom stereocenters. The van der Waals surface area contributed by atoms with Gasteiger partial charge in [-0.05, 0) is 141 Å². The van der Waals surface area contributed by atoms with E-state index in [9.17, 15) is 9.59 Å². The van der Waals surface area contributed by atoms with Gasteiger partial charge in [0, 0.05) is 62.7 Å². The van der Waals surface area contributed by atoms with Gasteiger partial charge in [-0.3, -0.25) is 0 Å². The molecule has 0 bridgehead atoms. The maximum atomic E-state index is 12.7. The van der Waals surface area contributed by atoms with Crippen LogP contribution in [0.25, 0.3) is 0 Å². The van der Waals surface area contributed by atoms with Gasteiger partial charge < -0.3 is 38.6 Å². The van der Waals surface area contributed by atoms with E-state index in [0.717, 1.165) is 59.9 Å². The molecule has 0 aliphatic carbocycles. The second kappa shape index (κ2) is 23.6. The average molecular weight is 884 g/mol. The van der Waals surface area contributed by atoms with E-state index in [1.807, 2.05) is 134 Å². The van der Waals surface area contributed by atoms with Crippen molar-refractivity contribution >= 4 is 23.9 Å². The summed E-state index contributed by atoms with van der Waals surface area (Å²) in [5.74, 6) is 6.41. The monoisotopic (exact) mass is 883 g/mol. The number of carbonyl (C=O) groups is 2. The van der Waals surface area contributed by atoms with E-state index in [1.165, 1.54) is 10.5 Å². The molecule has 2 fully saturated rings. The summed E-state index contributed by atoms with van der Waals surface area (Å²) in [4.78, 5) is 39.5. The summed E-state index contributed by atoms with van der Waals surface area (Å²) < 4.78 is 28.9. The number of piperidine rings is 2. The van der Waals surface area contributed by atoms with E-state index in [1.54, 1.807) is 29.1 Å². The molecule has 0 unspecified atom stereocenters. The molecule has 14 heteroatoms. The SMILES string of the molecule is Cc1ccc(Oc2ccc(OCC3CCN(C(=O)O)CC3)cc2)nc1.O=C(Oc1ccc(CCSc2ccccn2)cc1)N1CCC(COc2ccc(Oc3ccccn3)cc2)CC1. The van der Waals surface area contributed by atoms with Gasteiger partial charge in [-0.2, -0.15) is 0 Å². The molecular formula is C50H53N5O8S. The van der Waals surface area contributed by atoms with Crippen LogP contribution in [0.2, 0.25) is 0 Å². The van der Waals surface area contributed by atoms with Crippen molar-refractivity contribution in [2.24, 2.45) is 11.8 Å². The Morgan fingerprint density at radius 3 is 1.66 bits per heavy atom. The number of hydrogen-bond acceptors (Lipinski definition) is 11. The normalized spacial score (nSPS) is 14.1. The first-order valence-electron chi connectivity index (χ1n) is 21.5. The third-order valence-corrected chi connectivity index (χ3v) is 11.7. The summed E-state index contributed by atoms with van der Waals surface area (Å²) in [6.07, 6.45) is 8.50. The van der Waals surface area contributed by atoms with Crippen LogP contribution in [0.15, 0.2) is 145 Å². The van der Waals surface area contributed by atoms with Gasteiger partial charge in [0.25, 0.3) is 0 Å². The van der Waals surface area contributed by atoms with Crippen molar-refractivity contribution in [2.75, 3.05) is 45.1 Å². The Hall–Kier alpha value is -6.80. The highest BCUT2D eigenvalue weighted by Gasteiger charge is 2.25. The molecule has 3 aromatic carbocycles. The fourth-order valence-corrected chi connectivity index (χ4v) is 7.83. The maximum absolute atomic E-state index is 12.7. The molecule has 5 heterocycles. The Morgan fingerprint density at radius 2 is 1.14 bits per heavy atom. The Bertz CT molecular complexity index is 2310. The predicted octanol–water partition coefficient (Wildman–Crippen LogP) is 10.8. The van der Waals surface area contributed by atoms with Crippen LogP contribution in [0.4, 0.5) is 9.59 Å².